The van der Waals surface area contributed by atoms with E-state index < -0.39 is 11.9 Å². The van der Waals surface area contributed by atoms with E-state index in [1.54, 1.807) is 48.5 Å². The first-order valence-corrected chi connectivity index (χ1v) is 11.0. The highest BCUT2D eigenvalue weighted by molar-refractivity contribution is 5.92. The molecule has 176 valence electrons. The Morgan fingerprint density at radius 2 is 0.971 bits per heavy atom. The molecule has 35 heavy (non-hydrogen) atoms. The van der Waals surface area contributed by atoms with Crippen molar-refractivity contribution in [3.8, 4) is 23.0 Å². The second-order valence-corrected chi connectivity index (χ2v) is 8.55. The highest BCUT2D eigenvalue weighted by Gasteiger charge is 2.23. The number of carbonyl (C=O) groups is 2. The van der Waals surface area contributed by atoms with Gasteiger partial charge in [0.2, 0.25) is 0 Å². The summed E-state index contributed by atoms with van der Waals surface area (Å²) in [6.07, 6.45) is 0. The van der Waals surface area contributed by atoms with Gasteiger partial charge >= 0.3 is 11.9 Å². The SMILES string of the molecule is CC(C)(c1ccc(OC(=O)c2cccc(O)c2)cc1)c1ccc(OC(=O)c2cccc(O)c2)cc1. The molecule has 0 amide bonds. The highest BCUT2D eigenvalue weighted by atomic mass is 16.5. The molecule has 6 heteroatoms. The zero-order valence-corrected chi connectivity index (χ0v) is 19.3. The zero-order valence-electron chi connectivity index (χ0n) is 19.3. The number of aromatic hydroxyl groups is 2. The Kier molecular flexibility index (Phi) is 6.55. The van der Waals surface area contributed by atoms with E-state index in [2.05, 4.69) is 13.8 Å². The van der Waals surface area contributed by atoms with Gasteiger partial charge in [0.05, 0.1) is 11.1 Å². The van der Waals surface area contributed by atoms with Gasteiger partial charge in [-0.1, -0.05) is 50.2 Å². The molecule has 4 rings (SSSR count). The average Bonchev–Trinajstić information content (AvgIpc) is 2.85. The molecule has 0 fully saturated rings. The van der Waals surface area contributed by atoms with Crippen LogP contribution in [0, 0.1) is 0 Å². The first kappa shape index (κ1) is 23.6. The van der Waals surface area contributed by atoms with Gasteiger partial charge in [-0.05, 0) is 71.8 Å². The molecule has 0 saturated carbocycles. The number of hydrogen-bond donors (Lipinski definition) is 2. The molecule has 0 spiro atoms. The van der Waals surface area contributed by atoms with Gasteiger partial charge in [0, 0.05) is 5.41 Å². The topological polar surface area (TPSA) is 93.1 Å². The minimum atomic E-state index is -0.552. The van der Waals surface area contributed by atoms with Crippen molar-refractivity contribution in [3.05, 3.63) is 119 Å². The Hall–Kier alpha value is -4.58. The molecule has 0 aromatic heterocycles. The predicted molar refractivity (Wildman–Crippen MR) is 131 cm³/mol. The van der Waals surface area contributed by atoms with Crippen molar-refractivity contribution in [1.82, 2.24) is 0 Å². The maximum absolute atomic E-state index is 12.3. The summed E-state index contributed by atoms with van der Waals surface area (Å²) in [5, 5.41) is 19.1. The van der Waals surface area contributed by atoms with Gasteiger partial charge in [0.1, 0.15) is 23.0 Å². The molecule has 6 nitrogen and oxygen atoms in total. The molecule has 0 unspecified atom stereocenters. The molecule has 0 aliphatic carbocycles. The van der Waals surface area contributed by atoms with Crippen LogP contribution in [0.25, 0.3) is 0 Å². The third kappa shape index (κ3) is 5.50. The van der Waals surface area contributed by atoms with Gasteiger partial charge in [0.15, 0.2) is 0 Å². The van der Waals surface area contributed by atoms with Crippen molar-refractivity contribution in [2.75, 3.05) is 0 Å². The molecule has 0 heterocycles. The summed E-state index contributed by atoms with van der Waals surface area (Å²) in [5.41, 5.74) is 2.15. The van der Waals surface area contributed by atoms with Crippen molar-refractivity contribution in [3.63, 3.8) is 0 Å². The molecule has 0 radical (unpaired) electrons. The van der Waals surface area contributed by atoms with Crippen LogP contribution in [-0.2, 0) is 5.41 Å². The van der Waals surface area contributed by atoms with E-state index in [4.69, 9.17) is 9.47 Å². The number of benzene rings is 4. The van der Waals surface area contributed by atoms with Crippen LogP contribution in [-0.4, -0.2) is 22.2 Å². The van der Waals surface area contributed by atoms with E-state index in [-0.39, 0.29) is 28.0 Å². The molecule has 4 aromatic rings. The molecule has 0 atom stereocenters. The van der Waals surface area contributed by atoms with Crippen molar-refractivity contribution in [1.29, 1.82) is 0 Å². The molecule has 4 aromatic carbocycles. The second-order valence-electron chi connectivity index (χ2n) is 8.55. The lowest BCUT2D eigenvalue weighted by molar-refractivity contribution is 0.0725. The monoisotopic (exact) mass is 468 g/mol. The Morgan fingerprint density at radius 1 is 0.600 bits per heavy atom. The fourth-order valence-electron chi connectivity index (χ4n) is 3.64. The lowest BCUT2D eigenvalue weighted by Gasteiger charge is -2.26. The number of carbonyl (C=O) groups excluding carboxylic acids is 2. The van der Waals surface area contributed by atoms with Crippen LogP contribution in [0.2, 0.25) is 0 Å². The van der Waals surface area contributed by atoms with Crippen molar-refractivity contribution < 1.29 is 29.3 Å². The number of hydrogen-bond acceptors (Lipinski definition) is 6. The number of rotatable bonds is 6. The smallest absolute Gasteiger partial charge is 0.343 e. The standard InChI is InChI=1S/C29H24O6/c1-29(2,21-9-13-25(14-10-21)34-27(32)19-5-3-7-23(30)17-19)22-11-15-26(16-12-22)35-28(33)20-6-4-8-24(31)18-20/h3-18,30-31H,1-2H3. The van der Waals surface area contributed by atoms with E-state index in [0.717, 1.165) is 11.1 Å². The minimum absolute atomic E-state index is 0.00306. The average molecular weight is 469 g/mol. The molecule has 2 N–H and O–H groups in total. The lowest BCUT2D eigenvalue weighted by atomic mass is 9.78. The second kappa shape index (κ2) is 9.73. The zero-order chi connectivity index (χ0) is 25.0. The van der Waals surface area contributed by atoms with Crippen LogP contribution < -0.4 is 9.47 Å². The molecule has 0 aliphatic heterocycles. The largest absolute Gasteiger partial charge is 0.508 e. The third-order valence-electron chi connectivity index (χ3n) is 5.74. The highest BCUT2D eigenvalue weighted by Crippen LogP contribution is 2.33. The lowest BCUT2D eigenvalue weighted by Crippen LogP contribution is -2.19. The normalized spacial score (nSPS) is 11.0. The summed E-state index contributed by atoms with van der Waals surface area (Å²) in [7, 11) is 0. The predicted octanol–water partition coefficient (Wildman–Crippen LogP) is 5.86. The Labute approximate surface area is 203 Å². The molecule has 0 saturated heterocycles. The van der Waals surface area contributed by atoms with Crippen LogP contribution in [0.5, 0.6) is 23.0 Å². The van der Waals surface area contributed by atoms with Crippen LogP contribution in [0.3, 0.4) is 0 Å². The molecular weight excluding hydrogens is 444 g/mol. The Bertz CT molecular complexity index is 1250. The number of ether oxygens (including phenoxy) is 2. The number of esters is 2. The summed E-state index contributed by atoms with van der Waals surface area (Å²) >= 11 is 0. The fraction of sp³-hybridized carbons (Fsp3) is 0.103. The Morgan fingerprint density at radius 3 is 1.31 bits per heavy atom. The van der Waals surface area contributed by atoms with Gasteiger partial charge in [-0.25, -0.2) is 9.59 Å². The number of phenolic OH excluding ortho intramolecular Hbond substituents is 2. The van der Waals surface area contributed by atoms with E-state index in [0.29, 0.717) is 11.5 Å². The van der Waals surface area contributed by atoms with Crippen molar-refractivity contribution in [2.45, 2.75) is 19.3 Å². The maximum Gasteiger partial charge on any atom is 0.343 e. The minimum Gasteiger partial charge on any atom is -0.508 e. The quantitative estimate of drug-likeness (QED) is 0.272. The van der Waals surface area contributed by atoms with Crippen LogP contribution in [0.1, 0.15) is 45.7 Å². The first-order chi connectivity index (χ1) is 16.7. The summed E-state index contributed by atoms with van der Waals surface area (Å²) in [6, 6.07) is 26.4. The van der Waals surface area contributed by atoms with E-state index >= 15 is 0 Å². The third-order valence-corrected chi connectivity index (χ3v) is 5.74. The Balaban J connectivity index is 1.44. The van der Waals surface area contributed by atoms with Gasteiger partial charge in [-0.3, -0.25) is 0 Å². The van der Waals surface area contributed by atoms with E-state index in [1.807, 2.05) is 24.3 Å². The fourth-order valence-corrected chi connectivity index (χ4v) is 3.64. The summed E-state index contributed by atoms with van der Waals surface area (Å²) < 4.78 is 10.8. The summed E-state index contributed by atoms with van der Waals surface area (Å²) in [4.78, 5) is 24.6. The van der Waals surface area contributed by atoms with E-state index in [1.165, 1.54) is 24.3 Å². The maximum atomic E-state index is 12.3. The van der Waals surface area contributed by atoms with Gasteiger partial charge in [-0.2, -0.15) is 0 Å². The van der Waals surface area contributed by atoms with Gasteiger partial charge in [0.25, 0.3) is 0 Å². The molecule has 0 aliphatic rings. The first-order valence-electron chi connectivity index (χ1n) is 11.0. The van der Waals surface area contributed by atoms with Crippen LogP contribution >= 0.6 is 0 Å². The molecule has 0 bridgehead atoms. The summed E-state index contributed by atoms with van der Waals surface area (Å²) in [5.74, 6) is -0.319. The molecular formula is C29H24O6. The summed E-state index contributed by atoms with van der Waals surface area (Å²) in [6.45, 7) is 4.13. The number of phenols is 2. The van der Waals surface area contributed by atoms with Gasteiger partial charge < -0.3 is 19.7 Å². The van der Waals surface area contributed by atoms with Crippen molar-refractivity contribution >= 4 is 11.9 Å². The van der Waals surface area contributed by atoms with Crippen LogP contribution in [0.15, 0.2) is 97.1 Å². The van der Waals surface area contributed by atoms with E-state index in [9.17, 15) is 19.8 Å². The van der Waals surface area contributed by atoms with Crippen molar-refractivity contribution in [2.24, 2.45) is 0 Å². The van der Waals surface area contributed by atoms with Crippen LogP contribution in [0.4, 0.5) is 0 Å². The van der Waals surface area contributed by atoms with Gasteiger partial charge in [-0.15, -0.1) is 0 Å².